The molecule has 0 atom stereocenters. The summed E-state index contributed by atoms with van der Waals surface area (Å²) in [5.74, 6) is 5.52. The summed E-state index contributed by atoms with van der Waals surface area (Å²) in [5.41, 5.74) is 9.13. The second-order valence-electron chi connectivity index (χ2n) is 3.53. The van der Waals surface area contributed by atoms with E-state index in [0.717, 1.165) is 18.5 Å². The molecule has 4 nitrogen and oxygen atoms in total. The van der Waals surface area contributed by atoms with Gasteiger partial charge in [-0.25, -0.2) is 0 Å². The number of fused-ring (bicyclic) bond motifs is 1. The van der Waals surface area contributed by atoms with Crippen LogP contribution < -0.4 is 16.5 Å². The van der Waals surface area contributed by atoms with Crippen molar-refractivity contribution in [3.05, 3.63) is 29.3 Å². The molecule has 0 saturated heterocycles. The van der Waals surface area contributed by atoms with E-state index in [0.29, 0.717) is 5.84 Å². The molecule has 4 N–H and O–H groups in total. The minimum absolute atomic E-state index is 0.391. The van der Waals surface area contributed by atoms with Crippen molar-refractivity contribution in [2.24, 2.45) is 16.7 Å². The Morgan fingerprint density at radius 3 is 3.00 bits per heavy atom. The first kappa shape index (κ1) is 8.87. The van der Waals surface area contributed by atoms with Gasteiger partial charge in [-0.1, -0.05) is 0 Å². The second kappa shape index (κ2) is 3.21. The number of hydrogen-bond acceptors (Lipinski definition) is 3. The van der Waals surface area contributed by atoms with Crippen molar-refractivity contribution in [2.75, 3.05) is 18.5 Å². The topological polar surface area (TPSA) is 67.6 Å². The first-order valence-electron chi connectivity index (χ1n) is 4.60. The lowest BCUT2D eigenvalue weighted by Gasteiger charge is -2.11. The monoisotopic (exact) mass is 190 g/mol. The minimum atomic E-state index is 0.391. The summed E-state index contributed by atoms with van der Waals surface area (Å²) >= 11 is 0. The van der Waals surface area contributed by atoms with Crippen LogP contribution in [0.15, 0.2) is 23.3 Å². The predicted octanol–water partition coefficient (Wildman–Crippen LogP) is 0.258. The molecule has 0 aromatic heterocycles. The molecule has 0 fully saturated rings. The highest BCUT2D eigenvalue weighted by molar-refractivity contribution is 5.97. The van der Waals surface area contributed by atoms with Crippen LogP contribution >= 0.6 is 0 Å². The molecule has 0 spiro atoms. The van der Waals surface area contributed by atoms with Gasteiger partial charge in [0.25, 0.3) is 0 Å². The third kappa shape index (κ3) is 1.28. The van der Waals surface area contributed by atoms with Crippen LogP contribution in [0.4, 0.5) is 5.69 Å². The summed E-state index contributed by atoms with van der Waals surface area (Å²) in [6.45, 7) is 1.07. The van der Waals surface area contributed by atoms with Crippen molar-refractivity contribution in [3.8, 4) is 0 Å². The number of nitrogens with zero attached hydrogens (tertiary/aromatic N) is 2. The molecule has 0 radical (unpaired) electrons. The number of benzene rings is 1. The number of likely N-dealkylation sites (N-methyl/N-ethyl adjacent to an activating group) is 1. The summed E-state index contributed by atoms with van der Waals surface area (Å²) in [5, 5.41) is 3.48. The average molecular weight is 190 g/mol. The van der Waals surface area contributed by atoms with E-state index in [2.05, 4.69) is 29.2 Å². The van der Waals surface area contributed by atoms with Crippen LogP contribution in [-0.4, -0.2) is 19.4 Å². The van der Waals surface area contributed by atoms with Gasteiger partial charge in [0.05, 0.1) is 0 Å². The van der Waals surface area contributed by atoms with Crippen LogP contribution in [0.5, 0.6) is 0 Å². The molecule has 14 heavy (non-hydrogen) atoms. The third-order valence-electron chi connectivity index (χ3n) is 2.64. The molecule has 1 aromatic rings. The highest BCUT2D eigenvalue weighted by Gasteiger charge is 2.15. The Bertz CT molecular complexity index is 384. The highest BCUT2D eigenvalue weighted by Crippen LogP contribution is 2.27. The molecule has 74 valence electrons. The van der Waals surface area contributed by atoms with Gasteiger partial charge in [-0.3, -0.25) is 0 Å². The first-order valence-corrected chi connectivity index (χ1v) is 4.60. The Balaban J connectivity index is 2.42. The number of hydrazone groups is 1. The fourth-order valence-corrected chi connectivity index (χ4v) is 1.80. The quantitative estimate of drug-likeness (QED) is 0.289. The van der Waals surface area contributed by atoms with Crippen LogP contribution in [0.25, 0.3) is 0 Å². The first-order chi connectivity index (χ1) is 6.72. The molecule has 1 heterocycles. The Morgan fingerprint density at radius 2 is 2.29 bits per heavy atom. The number of hydrogen-bond donors (Lipinski definition) is 2. The average Bonchev–Trinajstić information content (AvgIpc) is 2.59. The predicted molar refractivity (Wildman–Crippen MR) is 58.3 cm³/mol. The zero-order valence-electron chi connectivity index (χ0n) is 8.20. The van der Waals surface area contributed by atoms with E-state index in [1.165, 1.54) is 11.3 Å². The van der Waals surface area contributed by atoms with E-state index < -0.39 is 0 Å². The van der Waals surface area contributed by atoms with Crippen molar-refractivity contribution >= 4 is 11.5 Å². The van der Waals surface area contributed by atoms with Crippen molar-refractivity contribution < 1.29 is 0 Å². The molecule has 0 saturated carbocycles. The number of amidine groups is 1. The van der Waals surface area contributed by atoms with Crippen molar-refractivity contribution in [1.29, 1.82) is 0 Å². The molecule has 1 aliphatic rings. The molecular formula is C10H14N4. The summed E-state index contributed by atoms with van der Waals surface area (Å²) in [4.78, 5) is 2.23. The van der Waals surface area contributed by atoms with E-state index in [1.54, 1.807) is 0 Å². The van der Waals surface area contributed by atoms with Crippen LogP contribution in [0, 0.1) is 0 Å². The van der Waals surface area contributed by atoms with Gasteiger partial charge in [0.15, 0.2) is 0 Å². The van der Waals surface area contributed by atoms with Crippen molar-refractivity contribution in [3.63, 3.8) is 0 Å². The lowest BCUT2D eigenvalue weighted by Crippen LogP contribution is -2.16. The van der Waals surface area contributed by atoms with E-state index in [9.17, 15) is 0 Å². The summed E-state index contributed by atoms with van der Waals surface area (Å²) in [6.07, 6.45) is 1.07. The molecule has 0 unspecified atom stereocenters. The van der Waals surface area contributed by atoms with Gasteiger partial charge < -0.3 is 16.5 Å². The lowest BCUT2D eigenvalue weighted by atomic mass is 10.1. The SMILES string of the molecule is CN1CCc2cc(/C(N)=N/N)ccc21. The summed E-state index contributed by atoms with van der Waals surface area (Å²) in [6, 6.07) is 6.08. The Morgan fingerprint density at radius 1 is 1.50 bits per heavy atom. The van der Waals surface area contributed by atoms with Gasteiger partial charge >= 0.3 is 0 Å². The molecular weight excluding hydrogens is 176 g/mol. The molecule has 4 heteroatoms. The fourth-order valence-electron chi connectivity index (χ4n) is 1.80. The number of rotatable bonds is 1. The maximum absolute atomic E-state index is 5.63. The molecule has 0 aliphatic carbocycles. The van der Waals surface area contributed by atoms with E-state index in [-0.39, 0.29) is 0 Å². The van der Waals surface area contributed by atoms with Gasteiger partial charge in [-0.2, -0.15) is 5.10 Å². The van der Waals surface area contributed by atoms with Gasteiger partial charge in [-0.05, 0) is 30.2 Å². The molecule has 2 rings (SSSR count). The van der Waals surface area contributed by atoms with E-state index in [1.807, 2.05) is 6.07 Å². The maximum atomic E-state index is 5.63. The number of anilines is 1. The Kier molecular flexibility index (Phi) is 2.04. The highest BCUT2D eigenvalue weighted by atomic mass is 15.2. The van der Waals surface area contributed by atoms with Gasteiger partial charge in [0.1, 0.15) is 5.84 Å². The smallest absolute Gasteiger partial charge is 0.150 e. The number of nitrogens with two attached hydrogens (primary N) is 2. The fraction of sp³-hybridized carbons (Fsp3) is 0.300. The van der Waals surface area contributed by atoms with E-state index in [4.69, 9.17) is 11.6 Å². The molecule has 1 aromatic carbocycles. The van der Waals surface area contributed by atoms with Crippen molar-refractivity contribution in [1.82, 2.24) is 0 Å². The maximum Gasteiger partial charge on any atom is 0.150 e. The molecule has 0 bridgehead atoms. The zero-order chi connectivity index (χ0) is 10.1. The summed E-state index contributed by atoms with van der Waals surface area (Å²) in [7, 11) is 2.09. The summed E-state index contributed by atoms with van der Waals surface area (Å²) < 4.78 is 0. The Labute approximate surface area is 83.2 Å². The van der Waals surface area contributed by atoms with Crippen LogP contribution in [0.2, 0.25) is 0 Å². The van der Waals surface area contributed by atoms with E-state index >= 15 is 0 Å². The second-order valence-corrected chi connectivity index (χ2v) is 3.53. The zero-order valence-corrected chi connectivity index (χ0v) is 8.20. The molecule has 0 amide bonds. The lowest BCUT2D eigenvalue weighted by molar-refractivity contribution is 0.956. The van der Waals surface area contributed by atoms with Crippen LogP contribution in [-0.2, 0) is 6.42 Å². The standard InChI is InChI=1S/C10H14N4/c1-14-5-4-7-6-8(10(11)13-12)2-3-9(7)14/h2-3,6H,4-5,12H2,1H3,(H2,11,13). The van der Waals surface area contributed by atoms with Crippen LogP contribution in [0.1, 0.15) is 11.1 Å². The van der Waals surface area contributed by atoms with Gasteiger partial charge in [-0.15, -0.1) is 0 Å². The van der Waals surface area contributed by atoms with Gasteiger partial charge in [0, 0.05) is 24.8 Å². The minimum Gasteiger partial charge on any atom is -0.382 e. The van der Waals surface area contributed by atoms with Crippen molar-refractivity contribution in [2.45, 2.75) is 6.42 Å². The normalized spacial score (nSPS) is 15.8. The largest absolute Gasteiger partial charge is 0.382 e. The van der Waals surface area contributed by atoms with Gasteiger partial charge in [0.2, 0.25) is 0 Å². The Hall–Kier alpha value is -1.71. The molecule has 1 aliphatic heterocycles. The third-order valence-corrected chi connectivity index (χ3v) is 2.64. The van der Waals surface area contributed by atoms with Crippen LogP contribution in [0.3, 0.4) is 0 Å².